The topological polar surface area (TPSA) is 61.4 Å². The van der Waals surface area contributed by atoms with Crippen LogP contribution in [0.3, 0.4) is 0 Å². The van der Waals surface area contributed by atoms with Crippen LogP contribution in [0.15, 0.2) is 24.3 Å². The Hall–Kier alpha value is -1.55. The molecule has 0 heterocycles. The molecule has 3 N–H and O–H groups in total. The number of nitrogens with one attached hydrogen (secondary N) is 2. The van der Waals surface area contributed by atoms with Gasteiger partial charge < -0.3 is 15.7 Å². The van der Waals surface area contributed by atoms with Crippen molar-refractivity contribution in [2.75, 3.05) is 11.9 Å². The van der Waals surface area contributed by atoms with Gasteiger partial charge in [-0.2, -0.15) is 0 Å². The SMILES string of the molecule is Cc1ccccc1NC(=O)NCC(C)(O)C(C)C. The van der Waals surface area contributed by atoms with Crippen molar-refractivity contribution in [2.45, 2.75) is 33.3 Å². The first-order valence-corrected chi connectivity index (χ1v) is 6.16. The summed E-state index contributed by atoms with van der Waals surface area (Å²) in [4.78, 5) is 11.7. The minimum absolute atomic E-state index is 0.0799. The van der Waals surface area contributed by atoms with Crippen molar-refractivity contribution >= 4 is 11.7 Å². The van der Waals surface area contributed by atoms with Crippen LogP contribution in [0, 0.1) is 12.8 Å². The molecule has 1 rings (SSSR count). The van der Waals surface area contributed by atoms with Crippen molar-refractivity contribution < 1.29 is 9.90 Å². The standard InChI is InChI=1S/C14H22N2O2/c1-10(2)14(4,18)9-15-13(17)16-12-8-6-5-7-11(12)3/h5-8,10,18H,9H2,1-4H3,(H2,15,16,17). The highest BCUT2D eigenvalue weighted by Gasteiger charge is 2.25. The van der Waals surface area contributed by atoms with Crippen molar-refractivity contribution in [1.82, 2.24) is 5.32 Å². The van der Waals surface area contributed by atoms with Gasteiger partial charge in [0.15, 0.2) is 0 Å². The number of rotatable bonds is 4. The van der Waals surface area contributed by atoms with Crippen LogP contribution in [0.4, 0.5) is 10.5 Å². The molecule has 4 nitrogen and oxygen atoms in total. The van der Waals surface area contributed by atoms with Gasteiger partial charge in [-0.15, -0.1) is 0 Å². The number of urea groups is 1. The molecule has 4 heteroatoms. The Bertz CT molecular complexity index is 414. The maximum absolute atomic E-state index is 11.7. The maximum Gasteiger partial charge on any atom is 0.319 e. The number of aryl methyl sites for hydroxylation is 1. The number of amides is 2. The van der Waals surface area contributed by atoms with E-state index in [1.807, 2.05) is 45.0 Å². The molecule has 0 aliphatic rings. The second-order valence-corrected chi connectivity index (χ2v) is 5.13. The molecule has 100 valence electrons. The molecule has 0 fully saturated rings. The molecular formula is C14H22N2O2. The Morgan fingerprint density at radius 2 is 2.00 bits per heavy atom. The maximum atomic E-state index is 11.7. The lowest BCUT2D eigenvalue weighted by Gasteiger charge is -2.27. The van der Waals surface area contributed by atoms with E-state index < -0.39 is 5.60 Å². The van der Waals surface area contributed by atoms with Crippen molar-refractivity contribution in [3.63, 3.8) is 0 Å². The fraction of sp³-hybridized carbons (Fsp3) is 0.500. The van der Waals surface area contributed by atoms with E-state index in [1.54, 1.807) is 6.92 Å². The molecule has 0 saturated carbocycles. The molecule has 1 aromatic rings. The summed E-state index contributed by atoms with van der Waals surface area (Å²) in [5, 5.41) is 15.5. The zero-order chi connectivity index (χ0) is 13.8. The lowest BCUT2D eigenvalue weighted by atomic mass is 9.93. The summed E-state index contributed by atoms with van der Waals surface area (Å²) < 4.78 is 0. The summed E-state index contributed by atoms with van der Waals surface area (Å²) in [7, 11) is 0. The quantitative estimate of drug-likeness (QED) is 0.769. The monoisotopic (exact) mass is 250 g/mol. The van der Waals surface area contributed by atoms with Gasteiger partial charge in [-0.1, -0.05) is 32.0 Å². The molecule has 1 atom stereocenters. The number of anilines is 1. The molecule has 0 aliphatic heterocycles. The number of hydrogen-bond donors (Lipinski definition) is 3. The summed E-state index contributed by atoms with van der Waals surface area (Å²) in [6.45, 7) is 7.70. The predicted molar refractivity (Wildman–Crippen MR) is 73.7 cm³/mol. The summed E-state index contributed by atoms with van der Waals surface area (Å²) >= 11 is 0. The number of benzene rings is 1. The van der Waals surface area contributed by atoms with E-state index in [1.165, 1.54) is 0 Å². The number of para-hydroxylation sites is 1. The van der Waals surface area contributed by atoms with Crippen LogP contribution in [0.25, 0.3) is 0 Å². The van der Waals surface area contributed by atoms with Crippen LogP contribution < -0.4 is 10.6 Å². The highest BCUT2D eigenvalue weighted by atomic mass is 16.3. The van der Waals surface area contributed by atoms with Crippen LogP contribution in [0.1, 0.15) is 26.3 Å². The Kier molecular flexibility index (Phi) is 4.73. The van der Waals surface area contributed by atoms with E-state index in [0.29, 0.717) is 0 Å². The van der Waals surface area contributed by atoms with E-state index in [-0.39, 0.29) is 18.5 Å². The minimum Gasteiger partial charge on any atom is -0.388 e. The van der Waals surface area contributed by atoms with Gasteiger partial charge in [0.25, 0.3) is 0 Å². The second kappa shape index (κ2) is 5.87. The van der Waals surface area contributed by atoms with Crippen molar-refractivity contribution in [3.05, 3.63) is 29.8 Å². The van der Waals surface area contributed by atoms with Gasteiger partial charge in [0.05, 0.1) is 5.60 Å². The first-order valence-electron chi connectivity index (χ1n) is 6.16. The summed E-state index contributed by atoms with van der Waals surface area (Å²) in [6, 6.07) is 7.26. The third kappa shape index (κ3) is 4.04. The van der Waals surface area contributed by atoms with Crippen LogP contribution in [0.5, 0.6) is 0 Å². The lowest BCUT2D eigenvalue weighted by molar-refractivity contribution is 0.0170. The van der Waals surface area contributed by atoms with Crippen LogP contribution in [-0.2, 0) is 0 Å². The summed E-state index contributed by atoms with van der Waals surface area (Å²) in [5.74, 6) is 0.0799. The molecule has 1 aromatic carbocycles. The third-order valence-electron chi connectivity index (χ3n) is 3.24. The van der Waals surface area contributed by atoms with Gasteiger partial charge in [0, 0.05) is 12.2 Å². The average Bonchev–Trinajstić information content (AvgIpc) is 2.29. The molecule has 2 amide bonds. The van der Waals surface area contributed by atoms with E-state index in [0.717, 1.165) is 11.3 Å². The number of carbonyl (C=O) groups is 1. The zero-order valence-electron chi connectivity index (χ0n) is 11.4. The minimum atomic E-state index is -0.900. The molecule has 0 saturated heterocycles. The van der Waals surface area contributed by atoms with Crippen LogP contribution >= 0.6 is 0 Å². The Morgan fingerprint density at radius 1 is 1.39 bits per heavy atom. The highest BCUT2D eigenvalue weighted by Crippen LogP contribution is 2.15. The van der Waals surface area contributed by atoms with Crippen LogP contribution in [0.2, 0.25) is 0 Å². The van der Waals surface area contributed by atoms with Gasteiger partial charge in [-0.25, -0.2) is 4.79 Å². The molecule has 1 unspecified atom stereocenters. The van der Waals surface area contributed by atoms with E-state index >= 15 is 0 Å². The Balaban J connectivity index is 2.51. The van der Waals surface area contributed by atoms with E-state index in [9.17, 15) is 9.90 Å². The molecular weight excluding hydrogens is 228 g/mol. The second-order valence-electron chi connectivity index (χ2n) is 5.13. The summed E-state index contributed by atoms with van der Waals surface area (Å²) in [5.41, 5.74) is 0.880. The summed E-state index contributed by atoms with van der Waals surface area (Å²) in [6.07, 6.45) is 0. The lowest BCUT2D eigenvalue weighted by Crippen LogP contribution is -2.45. The molecule has 0 spiro atoms. The van der Waals surface area contributed by atoms with E-state index in [2.05, 4.69) is 10.6 Å². The van der Waals surface area contributed by atoms with Gasteiger partial charge in [-0.05, 0) is 31.4 Å². The van der Waals surface area contributed by atoms with Crippen molar-refractivity contribution in [3.8, 4) is 0 Å². The predicted octanol–water partition coefficient (Wildman–Crippen LogP) is 2.52. The largest absolute Gasteiger partial charge is 0.388 e. The number of carbonyl (C=O) groups excluding carboxylic acids is 1. The molecule has 18 heavy (non-hydrogen) atoms. The Morgan fingerprint density at radius 3 is 2.56 bits per heavy atom. The van der Waals surface area contributed by atoms with E-state index in [4.69, 9.17) is 0 Å². The number of hydrogen-bond acceptors (Lipinski definition) is 2. The highest BCUT2D eigenvalue weighted by molar-refractivity contribution is 5.90. The number of aliphatic hydroxyl groups is 1. The molecule has 0 aromatic heterocycles. The first-order chi connectivity index (χ1) is 8.33. The Labute approximate surface area is 108 Å². The van der Waals surface area contributed by atoms with Crippen molar-refractivity contribution in [1.29, 1.82) is 0 Å². The van der Waals surface area contributed by atoms with Gasteiger partial charge in [0.2, 0.25) is 0 Å². The van der Waals surface area contributed by atoms with Gasteiger partial charge >= 0.3 is 6.03 Å². The molecule has 0 radical (unpaired) electrons. The molecule has 0 aliphatic carbocycles. The van der Waals surface area contributed by atoms with Gasteiger partial charge in [-0.3, -0.25) is 0 Å². The normalized spacial score (nSPS) is 14.1. The van der Waals surface area contributed by atoms with Gasteiger partial charge in [0.1, 0.15) is 0 Å². The average molecular weight is 250 g/mol. The smallest absolute Gasteiger partial charge is 0.319 e. The fourth-order valence-electron chi connectivity index (χ4n) is 1.34. The first kappa shape index (κ1) is 14.5. The zero-order valence-corrected chi connectivity index (χ0v) is 11.4. The molecule has 0 bridgehead atoms. The van der Waals surface area contributed by atoms with Crippen molar-refractivity contribution in [2.24, 2.45) is 5.92 Å². The third-order valence-corrected chi connectivity index (χ3v) is 3.24. The van der Waals surface area contributed by atoms with Crippen LogP contribution in [-0.4, -0.2) is 23.3 Å². The fourth-order valence-corrected chi connectivity index (χ4v) is 1.34.